The quantitative estimate of drug-likeness (QED) is 0.828. The lowest BCUT2D eigenvalue weighted by Gasteiger charge is -2.31. The summed E-state index contributed by atoms with van der Waals surface area (Å²) in [5, 5.41) is 2.78. The average molecular weight is 291 g/mol. The van der Waals surface area contributed by atoms with E-state index in [1.165, 1.54) is 0 Å². The molecular weight excluding hydrogens is 270 g/mol. The van der Waals surface area contributed by atoms with E-state index in [9.17, 15) is 9.59 Å². The van der Waals surface area contributed by atoms with E-state index in [4.69, 9.17) is 10.5 Å². The Kier molecular flexibility index (Phi) is 5.30. The van der Waals surface area contributed by atoms with Crippen LogP contribution in [0.3, 0.4) is 0 Å². The molecule has 1 aliphatic heterocycles. The minimum Gasteiger partial charge on any atom is -0.366 e. The van der Waals surface area contributed by atoms with Gasteiger partial charge in [0.1, 0.15) is 6.10 Å². The second-order valence-corrected chi connectivity index (χ2v) is 5.10. The van der Waals surface area contributed by atoms with Crippen molar-refractivity contribution >= 4 is 17.5 Å². The molecule has 6 heteroatoms. The number of benzene rings is 1. The maximum atomic E-state index is 12.1. The molecular formula is C15H21N3O3. The minimum atomic E-state index is -0.713. The summed E-state index contributed by atoms with van der Waals surface area (Å²) in [6.07, 6.45) is -0.691. The maximum Gasteiger partial charge on any atom is 0.252 e. The van der Waals surface area contributed by atoms with E-state index in [-0.39, 0.29) is 18.2 Å². The SMILES string of the molecule is Cc1cccc(NC(=O)CC2OCCN(CCN)C2=O)c1. The Morgan fingerprint density at radius 1 is 1.52 bits per heavy atom. The van der Waals surface area contributed by atoms with Crippen LogP contribution in [0.5, 0.6) is 0 Å². The van der Waals surface area contributed by atoms with Crippen molar-refractivity contribution < 1.29 is 14.3 Å². The molecule has 21 heavy (non-hydrogen) atoms. The highest BCUT2D eigenvalue weighted by atomic mass is 16.5. The number of amides is 2. The number of hydrogen-bond donors (Lipinski definition) is 2. The summed E-state index contributed by atoms with van der Waals surface area (Å²) in [6.45, 7) is 3.83. The largest absolute Gasteiger partial charge is 0.366 e. The Hall–Kier alpha value is -1.92. The zero-order valence-corrected chi connectivity index (χ0v) is 12.2. The molecule has 1 atom stereocenters. The molecule has 0 spiro atoms. The number of ether oxygens (including phenoxy) is 1. The molecule has 114 valence electrons. The zero-order chi connectivity index (χ0) is 15.2. The van der Waals surface area contributed by atoms with Crippen molar-refractivity contribution in [3.05, 3.63) is 29.8 Å². The Morgan fingerprint density at radius 3 is 3.05 bits per heavy atom. The number of nitrogens with one attached hydrogen (secondary N) is 1. The fourth-order valence-corrected chi connectivity index (χ4v) is 2.32. The number of nitrogens with zero attached hydrogens (tertiary/aromatic N) is 1. The highest BCUT2D eigenvalue weighted by Gasteiger charge is 2.30. The van der Waals surface area contributed by atoms with Gasteiger partial charge in [-0.1, -0.05) is 12.1 Å². The molecule has 1 saturated heterocycles. The van der Waals surface area contributed by atoms with Gasteiger partial charge in [-0.15, -0.1) is 0 Å². The lowest BCUT2D eigenvalue weighted by molar-refractivity contribution is -0.154. The monoisotopic (exact) mass is 291 g/mol. The smallest absolute Gasteiger partial charge is 0.252 e. The summed E-state index contributed by atoms with van der Waals surface area (Å²) in [6, 6.07) is 7.52. The Labute approximate surface area is 124 Å². The number of rotatable bonds is 5. The number of anilines is 1. The highest BCUT2D eigenvalue weighted by molar-refractivity contribution is 5.95. The van der Waals surface area contributed by atoms with E-state index in [1.807, 2.05) is 31.2 Å². The van der Waals surface area contributed by atoms with E-state index in [0.29, 0.717) is 26.2 Å². The number of carbonyl (C=O) groups is 2. The average Bonchev–Trinajstić information content (AvgIpc) is 2.43. The second kappa shape index (κ2) is 7.19. The maximum absolute atomic E-state index is 12.1. The first-order valence-electron chi connectivity index (χ1n) is 7.07. The van der Waals surface area contributed by atoms with Gasteiger partial charge in [-0.05, 0) is 24.6 Å². The summed E-state index contributed by atoms with van der Waals surface area (Å²) in [7, 11) is 0. The van der Waals surface area contributed by atoms with Crippen LogP contribution in [0.4, 0.5) is 5.69 Å². The van der Waals surface area contributed by atoms with Gasteiger partial charge in [0, 0.05) is 25.3 Å². The van der Waals surface area contributed by atoms with Crippen molar-refractivity contribution in [1.82, 2.24) is 4.90 Å². The normalized spacial score (nSPS) is 18.7. The first-order valence-corrected chi connectivity index (χ1v) is 7.07. The minimum absolute atomic E-state index is 0.0217. The summed E-state index contributed by atoms with van der Waals surface area (Å²) < 4.78 is 5.41. The third-order valence-corrected chi connectivity index (χ3v) is 3.34. The molecule has 1 aromatic rings. The lowest BCUT2D eigenvalue weighted by Crippen LogP contribution is -2.50. The first-order chi connectivity index (χ1) is 10.1. The summed E-state index contributed by atoms with van der Waals surface area (Å²) in [5.41, 5.74) is 7.26. The van der Waals surface area contributed by atoms with E-state index < -0.39 is 6.10 Å². The van der Waals surface area contributed by atoms with Crippen LogP contribution in [0.15, 0.2) is 24.3 Å². The second-order valence-electron chi connectivity index (χ2n) is 5.10. The fraction of sp³-hybridized carbons (Fsp3) is 0.467. The zero-order valence-electron chi connectivity index (χ0n) is 12.2. The van der Waals surface area contributed by atoms with Crippen LogP contribution in [0.2, 0.25) is 0 Å². The number of morpholine rings is 1. The Bertz CT molecular complexity index is 517. The number of carbonyl (C=O) groups excluding carboxylic acids is 2. The molecule has 0 radical (unpaired) electrons. The molecule has 2 rings (SSSR count). The standard InChI is InChI=1S/C15H21N3O3/c1-11-3-2-4-12(9-11)17-14(19)10-13-15(20)18(6-5-16)7-8-21-13/h2-4,9,13H,5-8,10,16H2,1H3,(H,17,19). The molecule has 1 unspecified atom stereocenters. The first kappa shape index (κ1) is 15.5. The van der Waals surface area contributed by atoms with Gasteiger partial charge in [0.2, 0.25) is 5.91 Å². The van der Waals surface area contributed by atoms with E-state index in [0.717, 1.165) is 11.3 Å². The van der Waals surface area contributed by atoms with Gasteiger partial charge in [-0.2, -0.15) is 0 Å². The van der Waals surface area contributed by atoms with Crippen molar-refractivity contribution in [3.8, 4) is 0 Å². The van der Waals surface area contributed by atoms with Crippen LogP contribution >= 0.6 is 0 Å². The molecule has 0 aliphatic carbocycles. The Morgan fingerprint density at radius 2 is 2.33 bits per heavy atom. The number of nitrogens with two attached hydrogens (primary N) is 1. The predicted molar refractivity (Wildman–Crippen MR) is 79.8 cm³/mol. The topological polar surface area (TPSA) is 84.7 Å². The molecule has 2 amide bonds. The van der Waals surface area contributed by atoms with Crippen molar-refractivity contribution in [3.63, 3.8) is 0 Å². The van der Waals surface area contributed by atoms with Gasteiger partial charge in [-0.3, -0.25) is 9.59 Å². The number of hydrogen-bond acceptors (Lipinski definition) is 4. The lowest BCUT2D eigenvalue weighted by atomic mass is 10.1. The predicted octanol–water partition coefficient (Wildman–Crippen LogP) is 0.510. The van der Waals surface area contributed by atoms with Crippen molar-refractivity contribution in [2.45, 2.75) is 19.4 Å². The molecule has 0 bridgehead atoms. The van der Waals surface area contributed by atoms with Crippen LogP contribution in [-0.2, 0) is 14.3 Å². The van der Waals surface area contributed by atoms with E-state index in [2.05, 4.69) is 5.32 Å². The summed E-state index contributed by atoms with van der Waals surface area (Å²) in [4.78, 5) is 25.8. The van der Waals surface area contributed by atoms with E-state index in [1.54, 1.807) is 4.90 Å². The molecule has 3 N–H and O–H groups in total. The Balaban J connectivity index is 1.91. The van der Waals surface area contributed by atoms with Gasteiger partial charge < -0.3 is 20.7 Å². The van der Waals surface area contributed by atoms with Gasteiger partial charge >= 0.3 is 0 Å². The van der Waals surface area contributed by atoms with Gasteiger partial charge in [0.15, 0.2) is 0 Å². The third-order valence-electron chi connectivity index (χ3n) is 3.34. The van der Waals surface area contributed by atoms with Crippen LogP contribution in [-0.4, -0.2) is 49.1 Å². The molecule has 1 aliphatic rings. The van der Waals surface area contributed by atoms with Gasteiger partial charge in [0.25, 0.3) is 5.91 Å². The van der Waals surface area contributed by atoms with Crippen molar-refractivity contribution in [2.75, 3.05) is 31.6 Å². The molecule has 1 aromatic carbocycles. The molecule has 1 fully saturated rings. The van der Waals surface area contributed by atoms with Gasteiger partial charge in [0.05, 0.1) is 13.0 Å². The molecule has 1 heterocycles. The molecule has 0 saturated carbocycles. The van der Waals surface area contributed by atoms with Crippen LogP contribution in [0.1, 0.15) is 12.0 Å². The van der Waals surface area contributed by atoms with Crippen molar-refractivity contribution in [1.29, 1.82) is 0 Å². The molecule has 0 aromatic heterocycles. The fourth-order valence-electron chi connectivity index (χ4n) is 2.32. The summed E-state index contributed by atoms with van der Waals surface area (Å²) in [5.74, 6) is -0.389. The van der Waals surface area contributed by atoms with Crippen LogP contribution < -0.4 is 11.1 Å². The van der Waals surface area contributed by atoms with Crippen LogP contribution in [0.25, 0.3) is 0 Å². The highest BCUT2D eigenvalue weighted by Crippen LogP contribution is 2.13. The third kappa shape index (κ3) is 4.27. The molecule has 6 nitrogen and oxygen atoms in total. The summed E-state index contributed by atoms with van der Waals surface area (Å²) >= 11 is 0. The number of aryl methyl sites for hydroxylation is 1. The van der Waals surface area contributed by atoms with Gasteiger partial charge in [-0.25, -0.2) is 0 Å². The van der Waals surface area contributed by atoms with Crippen LogP contribution in [0, 0.1) is 6.92 Å². The van der Waals surface area contributed by atoms with E-state index >= 15 is 0 Å². The van der Waals surface area contributed by atoms with Crippen molar-refractivity contribution in [2.24, 2.45) is 5.73 Å².